The van der Waals surface area contributed by atoms with E-state index in [1.54, 1.807) is 18.6 Å². The van der Waals surface area contributed by atoms with Crippen molar-refractivity contribution < 1.29 is 4.79 Å². The number of hydrogen-bond acceptors (Lipinski definition) is 4. The van der Waals surface area contributed by atoms with Crippen LogP contribution in [0.1, 0.15) is 53.5 Å². The Hall–Kier alpha value is -2.70. The van der Waals surface area contributed by atoms with Crippen molar-refractivity contribution in [2.45, 2.75) is 31.7 Å². The number of rotatable bonds is 4. The van der Waals surface area contributed by atoms with Gasteiger partial charge in [0.25, 0.3) is 5.91 Å². The molecule has 0 aliphatic heterocycles. The SMILES string of the molecule is CC(NC(=O)c1c[nH]c2ncc(C3CC3)nc12)c1ccn[nH]1. The van der Waals surface area contributed by atoms with Crippen LogP contribution in [0, 0.1) is 0 Å². The Balaban J connectivity index is 1.62. The summed E-state index contributed by atoms with van der Waals surface area (Å²) in [6.45, 7) is 1.90. The zero-order chi connectivity index (χ0) is 15.1. The van der Waals surface area contributed by atoms with Gasteiger partial charge in [-0.15, -0.1) is 0 Å². The molecule has 3 N–H and O–H groups in total. The van der Waals surface area contributed by atoms with Gasteiger partial charge < -0.3 is 10.3 Å². The molecule has 7 heteroatoms. The summed E-state index contributed by atoms with van der Waals surface area (Å²) in [4.78, 5) is 24.5. The molecule has 3 heterocycles. The first-order valence-corrected chi connectivity index (χ1v) is 7.36. The standard InChI is InChI=1S/C15H16N6O/c1-8(11-4-5-18-21-11)19-15(22)10-6-16-14-13(10)20-12(7-17-14)9-2-3-9/h4-9H,2-3H2,1H3,(H,16,17)(H,18,21)(H,19,22). The third-order valence-electron chi connectivity index (χ3n) is 3.98. The second kappa shape index (κ2) is 4.94. The number of carbonyl (C=O) groups excluding carboxylic acids is 1. The average Bonchev–Trinajstić information content (AvgIpc) is 3.06. The number of carbonyl (C=O) groups is 1. The normalized spacial score (nSPS) is 15.9. The summed E-state index contributed by atoms with van der Waals surface area (Å²) in [5.74, 6) is 0.335. The number of aromatic amines is 2. The van der Waals surface area contributed by atoms with E-state index in [0.29, 0.717) is 22.6 Å². The van der Waals surface area contributed by atoms with Crippen molar-refractivity contribution in [2.24, 2.45) is 0 Å². The average molecular weight is 296 g/mol. The molecule has 3 aromatic rings. The molecule has 4 rings (SSSR count). The van der Waals surface area contributed by atoms with Crippen LogP contribution in [0.2, 0.25) is 0 Å². The van der Waals surface area contributed by atoms with Crippen LogP contribution in [-0.4, -0.2) is 31.1 Å². The van der Waals surface area contributed by atoms with E-state index in [0.717, 1.165) is 24.2 Å². The summed E-state index contributed by atoms with van der Waals surface area (Å²) in [6, 6.07) is 1.69. The molecule has 1 unspecified atom stereocenters. The monoisotopic (exact) mass is 296 g/mol. The molecule has 1 aliphatic rings. The molecule has 0 radical (unpaired) electrons. The molecule has 0 spiro atoms. The number of hydrogen-bond donors (Lipinski definition) is 3. The molecule has 1 aliphatic carbocycles. The van der Waals surface area contributed by atoms with Crippen molar-refractivity contribution in [3.8, 4) is 0 Å². The molecular formula is C15H16N6O. The topological polar surface area (TPSA) is 99.3 Å². The van der Waals surface area contributed by atoms with Gasteiger partial charge in [-0.25, -0.2) is 9.97 Å². The Morgan fingerprint density at radius 2 is 2.32 bits per heavy atom. The van der Waals surface area contributed by atoms with Crippen molar-refractivity contribution in [3.63, 3.8) is 0 Å². The predicted octanol–water partition coefficient (Wildman–Crippen LogP) is 2.05. The van der Waals surface area contributed by atoms with E-state index in [1.807, 2.05) is 13.0 Å². The number of H-pyrrole nitrogens is 2. The van der Waals surface area contributed by atoms with E-state index in [4.69, 9.17) is 0 Å². The zero-order valence-corrected chi connectivity index (χ0v) is 12.1. The Morgan fingerprint density at radius 1 is 1.45 bits per heavy atom. The summed E-state index contributed by atoms with van der Waals surface area (Å²) in [7, 11) is 0. The van der Waals surface area contributed by atoms with Crippen LogP contribution in [0.4, 0.5) is 0 Å². The molecule has 22 heavy (non-hydrogen) atoms. The third kappa shape index (κ3) is 2.24. The molecule has 1 atom stereocenters. The fraction of sp³-hybridized carbons (Fsp3) is 0.333. The zero-order valence-electron chi connectivity index (χ0n) is 12.1. The lowest BCUT2D eigenvalue weighted by Crippen LogP contribution is -2.26. The van der Waals surface area contributed by atoms with Gasteiger partial charge in [0.1, 0.15) is 5.52 Å². The first kappa shape index (κ1) is 13.0. The summed E-state index contributed by atoms with van der Waals surface area (Å²) < 4.78 is 0. The fourth-order valence-corrected chi connectivity index (χ4v) is 2.51. The molecule has 0 saturated heterocycles. The Kier molecular flexibility index (Phi) is 2.92. The van der Waals surface area contributed by atoms with Crippen LogP contribution >= 0.6 is 0 Å². The minimum Gasteiger partial charge on any atom is -0.344 e. The maximum absolute atomic E-state index is 12.5. The van der Waals surface area contributed by atoms with Crippen LogP contribution in [0.15, 0.2) is 24.7 Å². The van der Waals surface area contributed by atoms with Gasteiger partial charge in [0.05, 0.1) is 29.2 Å². The molecule has 3 aromatic heterocycles. The Labute approximate surface area is 126 Å². The lowest BCUT2D eigenvalue weighted by molar-refractivity contribution is 0.0940. The van der Waals surface area contributed by atoms with Gasteiger partial charge in [-0.05, 0) is 25.8 Å². The third-order valence-corrected chi connectivity index (χ3v) is 3.98. The molecule has 0 bridgehead atoms. The van der Waals surface area contributed by atoms with Gasteiger partial charge in [-0.2, -0.15) is 5.10 Å². The highest BCUT2D eigenvalue weighted by atomic mass is 16.1. The summed E-state index contributed by atoms with van der Waals surface area (Å²) in [6.07, 6.45) is 7.44. The summed E-state index contributed by atoms with van der Waals surface area (Å²) in [5, 5.41) is 9.70. The lowest BCUT2D eigenvalue weighted by Gasteiger charge is -2.11. The maximum atomic E-state index is 12.5. The second-order valence-electron chi connectivity index (χ2n) is 5.68. The second-order valence-corrected chi connectivity index (χ2v) is 5.68. The minimum atomic E-state index is -0.171. The van der Waals surface area contributed by atoms with Gasteiger partial charge in [0, 0.05) is 18.3 Å². The van der Waals surface area contributed by atoms with Gasteiger partial charge in [0.2, 0.25) is 0 Å². The summed E-state index contributed by atoms with van der Waals surface area (Å²) in [5.41, 5.74) is 3.64. The number of aromatic nitrogens is 5. The maximum Gasteiger partial charge on any atom is 0.255 e. The van der Waals surface area contributed by atoms with Gasteiger partial charge >= 0.3 is 0 Å². The van der Waals surface area contributed by atoms with Crippen molar-refractivity contribution in [1.29, 1.82) is 0 Å². The predicted molar refractivity (Wildman–Crippen MR) is 80.3 cm³/mol. The molecule has 7 nitrogen and oxygen atoms in total. The van der Waals surface area contributed by atoms with E-state index >= 15 is 0 Å². The smallest absolute Gasteiger partial charge is 0.255 e. The number of nitrogens with one attached hydrogen (secondary N) is 3. The number of amides is 1. The highest BCUT2D eigenvalue weighted by molar-refractivity contribution is 6.04. The van der Waals surface area contributed by atoms with Crippen molar-refractivity contribution >= 4 is 17.1 Å². The largest absolute Gasteiger partial charge is 0.344 e. The molecular weight excluding hydrogens is 280 g/mol. The van der Waals surface area contributed by atoms with E-state index in [1.165, 1.54) is 0 Å². The Morgan fingerprint density at radius 3 is 3.05 bits per heavy atom. The quantitative estimate of drug-likeness (QED) is 0.686. The van der Waals surface area contributed by atoms with Crippen LogP contribution in [0.3, 0.4) is 0 Å². The Bertz CT molecular complexity index is 818. The molecule has 112 valence electrons. The number of nitrogens with zero attached hydrogens (tertiary/aromatic N) is 3. The molecule has 1 saturated carbocycles. The molecule has 1 fully saturated rings. The number of fused-ring (bicyclic) bond motifs is 1. The molecule has 1 amide bonds. The van der Waals surface area contributed by atoms with Crippen LogP contribution in [0.25, 0.3) is 11.2 Å². The van der Waals surface area contributed by atoms with E-state index in [-0.39, 0.29) is 11.9 Å². The van der Waals surface area contributed by atoms with Crippen LogP contribution in [-0.2, 0) is 0 Å². The lowest BCUT2D eigenvalue weighted by atomic mass is 10.2. The van der Waals surface area contributed by atoms with Crippen molar-refractivity contribution in [2.75, 3.05) is 0 Å². The van der Waals surface area contributed by atoms with Gasteiger partial charge in [-0.3, -0.25) is 9.89 Å². The fourth-order valence-electron chi connectivity index (χ4n) is 2.51. The van der Waals surface area contributed by atoms with Gasteiger partial charge in [0.15, 0.2) is 5.65 Å². The first-order chi connectivity index (χ1) is 10.7. The van der Waals surface area contributed by atoms with E-state index in [2.05, 4.69) is 30.5 Å². The molecule has 0 aromatic carbocycles. The van der Waals surface area contributed by atoms with Crippen LogP contribution in [0.5, 0.6) is 0 Å². The minimum absolute atomic E-state index is 0.153. The van der Waals surface area contributed by atoms with Crippen LogP contribution < -0.4 is 5.32 Å². The van der Waals surface area contributed by atoms with Crippen molar-refractivity contribution in [1.82, 2.24) is 30.5 Å². The van der Waals surface area contributed by atoms with E-state index in [9.17, 15) is 4.79 Å². The highest BCUT2D eigenvalue weighted by Gasteiger charge is 2.26. The highest BCUT2D eigenvalue weighted by Crippen LogP contribution is 2.39. The van der Waals surface area contributed by atoms with Crippen molar-refractivity contribution in [3.05, 3.63) is 41.6 Å². The van der Waals surface area contributed by atoms with E-state index < -0.39 is 0 Å². The first-order valence-electron chi connectivity index (χ1n) is 7.36. The van der Waals surface area contributed by atoms with Gasteiger partial charge in [-0.1, -0.05) is 0 Å². The summed E-state index contributed by atoms with van der Waals surface area (Å²) >= 11 is 0.